The molecule has 1 heteroatoms. The van der Waals surface area contributed by atoms with Gasteiger partial charge in [0.05, 0.1) is 0 Å². The molecule has 0 aromatic carbocycles. The zero-order valence-electron chi connectivity index (χ0n) is 14.1. The van der Waals surface area contributed by atoms with Crippen LogP contribution in [0.15, 0.2) is 0 Å². The van der Waals surface area contributed by atoms with Crippen molar-refractivity contribution in [1.82, 2.24) is 4.90 Å². The highest BCUT2D eigenvalue weighted by atomic mass is 15.0. The summed E-state index contributed by atoms with van der Waals surface area (Å²) in [6.45, 7) is 3.55. The first kappa shape index (κ1) is 19.0. The third-order valence-electron chi connectivity index (χ3n) is 3.96. The first-order chi connectivity index (χ1) is 9.27. The number of unbranched alkanes of at least 4 members (excludes halogenated alkanes) is 13. The maximum absolute atomic E-state index is 2.29. The van der Waals surface area contributed by atoms with Crippen LogP contribution in [0.25, 0.3) is 0 Å². The van der Waals surface area contributed by atoms with Crippen molar-refractivity contribution in [3.05, 3.63) is 0 Å². The Morgan fingerprint density at radius 2 is 0.789 bits per heavy atom. The van der Waals surface area contributed by atoms with E-state index in [-0.39, 0.29) is 0 Å². The van der Waals surface area contributed by atoms with Crippen molar-refractivity contribution >= 4 is 0 Å². The van der Waals surface area contributed by atoms with E-state index in [0.29, 0.717) is 0 Å². The molecule has 0 unspecified atom stereocenters. The Morgan fingerprint density at radius 3 is 1.11 bits per heavy atom. The van der Waals surface area contributed by atoms with Crippen LogP contribution < -0.4 is 0 Å². The molecule has 1 nitrogen and oxygen atoms in total. The molecule has 0 aliphatic rings. The lowest BCUT2D eigenvalue weighted by Gasteiger charge is -2.08. The van der Waals surface area contributed by atoms with Gasteiger partial charge in [0.15, 0.2) is 0 Å². The summed E-state index contributed by atoms with van der Waals surface area (Å²) in [6.07, 6.45) is 20.3. The van der Waals surface area contributed by atoms with Crippen molar-refractivity contribution in [1.29, 1.82) is 0 Å². The third-order valence-corrected chi connectivity index (χ3v) is 3.96. The molecule has 0 radical (unpaired) electrons. The maximum atomic E-state index is 2.29. The van der Waals surface area contributed by atoms with Gasteiger partial charge < -0.3 is 4.90 Å². The molecular weight excluding hydrogens is 230 g/mol. The van der Waals surface area contributed by atoms with Crippen molar-refractivity contribution in [2.45, 2.75) is 96.8 Å². The highest BCUT2D eigenvalue weighted by Crippen LogP contribution is 2.12. The summed E-state index contributed by atoms with van der Waals surface area (Å²) in [5.41, 5.74) is 0. The molecule has 0 heterocycles. The Hall–Kier alpha value is -0.0400. The normalized spacial score (nSPS) is 11.4. The van der Waals surface area contributed by atoms with Gasteiger partial charge in [0.1, 0.15) is 0 Å². The van der Waals surface area contributed by atoms with Gasteiger partial charge in [0.2, 0.25) is 0 Å². The van der Waals surface area contributed by atoms with Gasteiger partial charge in [-0.15, -0.1) is 0 Å². The molecule has 0 fully saturated rings. The summed E-state index contributed by atoms with van der Waals surface area (Å²) in [6, 6.07) is 0. The predicted octanol–water partition coefficient (Wildman–Crippen LogP) is 6.03. The van der Waals surface area contributed by atoms with E-state index in [1.807, 2.05) is 0 Å². The second-order valence-corrected chi connectivity index (χ2v) is 6.40. The van der Waals surface area contributed by atoms with Crippen LogP contribution in [0.2, 0.25) is 0 Å². The minimum absolute atomic E-state index is 1.26. The molecule has 0 aliphatic carbocycles. The molecule has 19 heavy (non-hydrogen) atoms. The first-order valence-corrected chi connectivity index (χ1v) is 8.92. The van der Waals surface area contributed by atoms with Gasteiger partial charge in [-0.05, 0) is 27.1 Å². The smallest absolute Gasteiger partial charge is 0.00248 e. The van der Waals surface area contributed by atoms with Crippen LogP contribution in [-0.2, 0) is 0 Å². The molecule has 0 N–H and O–H groups in total. The molecule has 0 amide bonds. The van der Waals surface area contributed by atoms with E-state index in [0.717, 1.165) is 0 Å². The number of hydrogen-bond donors (Lipinski definition) is 0. The maximum Gasteiger partial charge on any atom is -0.00248 e. The highest BCUT2D eigenvalue weighted by molar-refractivity contribution is 4.50. The van der Waals surface area contributed by atoms with E-state index in [1.54, 1.807) is 0 Å². The topological polar surface area (TPSA) is 3.24 Å². The number of rotatable bonds is 15. The van der Waals surface area contributed by atoms with E-state index in [2.05, 4.69) is 25.9 Å². The molecule has 0 rings (SSSR count). The summed E-state index contributed by atoms with van der Waals surface area (Å²) < 4.78 is 0. The minimum atomic E-state index is 1.26. The standard InChI is InChI=1S/C18H39N/c1-4-5-6-7-8-9-10-11-12-13-14-15-16-17-18-19(2)3/h4-18H2,1-3H3. The molecule has 0 atom stereocenters. The minimum Gasteiger partial charge on any atom is -0.309 e. The fraction of sp³-hybridized carbons (Fsp3) is 1.00. The van der Waals surface area contributed by atoms with Gasteiger partial charge in [0, 0.05) is 0 Å². The van der Waals surface area contributed by atoms with Crippen LogP contribution in [0.1, 0.15) is 96.8 Å². The van der Waals surface area contributed by atoms with Crippen LogP contribution in [0.4, 0.5) is 0 Å². The quantitative estimate of drug-likeness (QED) is 0.328. The van der Waals surface area contributed by atoms with Crippen molar-refractivity contribution in [3.63, 3.8) is 0 Å². The lowest BCUT2D eigenvalue weighted by Crippen LogP contribution is -2.12. The second-order valence-electron chi connectivity index (χ2n) is 6.40. The van der Waals surface area contributed by atoms with Crippen molar-refractivity contribution in [3.8, 4) is 0 Å². The highest BCUT2D eigenvalue weighted by Gasteiger charge is 1.94. The monoisotopic (exact) mass is 269 g/mol. The van der Waals surface area contributed by atoms with Gasteiger partial charge in [-0.1, -0.05) is 90.4 Å². The van der Waals surface area contributed by atoms with E-state index in [1.165, 1.54) is 96.4 Å². The van der Waals surface area contributed by atoms with Gasteiger partial charge in [-0.3, -0.25) is 0 Å². The summed E-state index contributed by atoms with van der Waals surface area (Å²) >= 11 is 0. The van der Waals surface area contributed by atoms with Crippen molar-refractivity contribution in [2.75, 3.05) is 20.6 Å². The summed E-state index contributed by atoms with van der Waals surface area (Å²) in [4.78, 5) is 2.29. The Labute approximate surface area is 123 Å². The van der Waals surface area contributed by atoms with E-state index < -0.39 is 0 Å². The predicted molar refractivity (Wildman–Crippen MR) is 88.9 cm³/mol. The zero-order valence-corrected chi connectivity index (χ0v) is 14.1. The molecule has 0 aromatic heterocycles. The third kappa shape index (κ3) is 18.0. The Bertz CT molecular complexity index is 154. The van der Waals surface area contributed by atoms with E-state index in [4.69, 9.17) is 0 Å². The van der Waals surface area contributed by atoms with Crippen LogP contribution in [0.5, 0.6) is 0 Å². The Balaban J connectivity index is 2.91. The molecule has 0 bridgehead atoms. The summed E-state index contributed by atoms with van der Waals surface area (Å²) in [7, 11) is 4.34. The first-order valence-electron chi connectivity index (χ1n) is 8.92. The molecule has 0 spiro atoms. The van der Waals surface area contributed by atoms with Crippen LogP contribution in [-0.4, -0.2) is 25.5 Å². The van der Waals surface area contributed by atoms with Gasteiger partial charge in [-0.2, -0.15) is 0 Å². The second kappa shape index (κ2) is 16.0. The molecular formula is C18H39N. The molecule has 0 aliphatic heterocycles. The van der Waals surface area contributed by atoms with Gasteiger partial charge in [-0.25, -0.2) is 0 Å². The number of hydrogen-bond acceptors (Lipinski definition) is 1. The molecule has 116 valence electrons. The largest absolute Gasteiger partial charge is 0.309 e. The zero-order chi connectivity index (χ0) is 14.2. The Kier molecular flexibility index (Phi) is 16.0. The van der Waals surface area contributed by atoms with Crippen LogP contribution in [0, 0.1) is 0 Å². The van der Waals surface area contributed by atoms with E-state index in [9.17, 15) is 0 Å². The Morgan fingerprint density at radius 1 is 0.474 bits per heavy atom. The lowest BCUT2D eigenvalue weighted by atomic mass is 10.0. The molecule has 0 saturated heterocycles. The SMILES string of the molecule is CCCCCCCCCCCCCCCCN(C)C. The van der Waals surface area contributed by atoms with Crippen LogP contribution in [0.3, 0.4) is 0 Å². The fourth-order valence-corrected chi connectivity index (χ4v) is 2.62. The lowest BCUT2D eigenvalue weighted by molar-refractivity contribution is 0.389. The van der Waals surface area contributed by atoms with Crippen molar-refractivity contribution in [2.24, 2.45) is 0 Å². The summed E-state index contributed by atoms with van der Waals surface area (Å²) in [5, 5.41) is 0. The number of nitrogens with zero attached hydrogens (tertiary/aromatic N) is 1. The van der Waals surface area contributed by atoms with Crippen molar-refractivity contribution < 1.29 is 0 Å². The van der Waals surface area contributed by atoms with Crippen LogP contribution >= 0.6 is 0 Å². The fourth-order valence-electron chi connectivity index (χ4n) is 2.62. The van der Waals surface area contributed by atoms with Gasteiger partial charge >= 0.3 is 0 Å². The van der Waals surface area contributed by atoms with Gasteiger partial charge in [0.25, 0.3) is 0 Å². The molecule has 0 aromatic rings. The average molecular weight is 270 g/mol. The van der Waals surface area contributed by atoms with E-state index >= 15 is 0 Å². The average Bonchev–Trinajstić information content (AvgIpc) is 2.39. The molecule has 0 saturated carbocycles. The summed E-state index contributed by atoms with van der Waals surface area (Å²) in [5.74, 6) is 0.